The van der Waals surface area contributed by atoms with Crippen LogP contribution in [0.2, 0.25) is 0 Å². The number of carbonyl (C=O) groups is 1. The van der Waals surface area contributed by atoms with Gasteiger partial charge < -0.3 is 14.7 Å². The Kier molecular flexibility index (Phi) is 4.20. The molecular weight excluding hydrogens is 322 g/mol. The molecule has 0 bridgehead atoms. The van der Waals surface area contributed by atoms with Gasteiger partial charge in [0.05, 0.1) is 10.6 Å². The lowest BCUT2D eigenvalue weighted by Crippen LogP contribution is -2.49. The van der Waals surface area contributed by atoms with Gasteiger partial charge >= 0.3 is 0 Å². The van der Waals surface area contributed by atoms with Crippen LogP contribution in [0.4, 0.5) is 5.82 Å². The molecule has 7 heteroatoms. The normalized spacial score (nSPS) is 18.5. The monoisotopic (exact) mass is 343 g/mol. The second kappa shape index (κ2) is 6.49. The molecule has 1 amide bonds. The summed E-state index contributed by atoms with van der Waals surface area (Å²) in [5.74, 6) is 1.20. The summed E-state index contributed by atoms with van der Waals surface area (Å²) >= 11 is 1.51. The number of fused-ring (bicyclic) bond motifs is 1. The zero-order valence-electron chi connectivity index (χ0n) is 13.8. The Morgan fingerprint density at radius 2 is 2.00 bits per heavy atom. The van der Waals surface area contributed by atoms with E-state index in [0.29, 0.717) is 0 Å². The Labute approximate surface area is 145 Å². The maximum Gasteiger partial charge on any atom is 0.264 e. The molecule has 6 nitrogen and oxygen atoms in total. The van der Waals surface area contributed by atoms with Gasteiger partial charge in [-0.2, -0.15) is 0 Å². The lowest BCUT2D eigenvalue weighted by Gasteiger charge is -2.37. The van der Waals surface area contributed by atoms with E-state index >= 15 is 0 Å². The van der Waals surface area contributed by atoms with E-state index in [1.165, 1.54) is 22.6 Å². The Bertz CT molecular complexity index is 725. The molecular formula is C17H21N5OS. The smallest absolute Gasteiger partial charge is 0.264 e. The Balaban J connectivity index is 1.48. The fourth-order valence-electron chi connectivity index (χ4n) is 3.41. The van der Waals surface area contributed by atoms with Gasteiger partial charge in [-0.3, -0.25) is 4.79 Å². The highest BCUT2D eigenvalue weighted by Gasteiger charge is 2.27. The number of rotatable bonds is 2. The third-order valence-electron chi connectivity index (χ3n) is 4.77. The first-order valence-corrected chi connectivity index (χ1v) is 9.19. The van der Waals surface area contributed by atoms with Crippen molar-refractivity contribution in [3.05, 3.63) is 40.0 Å². The van der Waals surface area contributed by atoms with Gasteiger partial charge in [0, 0.05) is 51.3 Å². The number of thiophene rings is 1. The van der Waals surface area contributed by atoms with Crippen LogP contribution in [0.3, 0.4) is 0 Å². The summed E-state index contributed by atoms with van der Waals surface area (Å²) in [6.45, 7) is 5.08. The topological polar surface area (TPSA) is 52.6 Å². The number of piperazine rings is 1. The number of nitrogens with zero attached hydrogens (tertiary/aromatic N) is 5. The summed E-state index contributed by atoms with van der Waals surface area (Å²) in [5.41, 5.74) is 2.43. The van der Waals surface area contributed by atoms with E-state index in [-0.39, 0.29) is 5.91 Å². The van der Waals surface area contributed by atoms with Gasteiger partial charge in [0.25, 0.3) is 5.91 Å². The van der Waals surface area contributed by atoms with E-state index in [2.05, 4.69) is 26.8 Å². The van der Waals surface area contributed by atoms with Crippen molar-refractivity contribution in [2.75, 3.05) is 44.7 Å². The molecule has 2 aromatic heterocycles. The molecule has 0 spiro atoms. The first kappa shape index (κ1) is 15.5. The van der Waals surface area contributed by atoms with E-state index < -0.39 is 0 Å². The van der Waals surface area contributed by atoms with Gasteiger partial charge in [-0.05, 0) is 18.5 Å². The number of likely N-dealkylation sites (N-methyl/N-ethyl adjacent to an activating group) is 1. The van der Waals surface area contributed by atoms with Crippen LogP contribution in [0.15, 0.2) is 23.8 Å². The second-order valence-electron chi connectivity index (χ2n) is 6.37. The molecule has 126 valence electrons. The van der Waals surface area contributed by atoms with Gasteiger partial charge in [-0.15, -0.1) is 11.3 Å². The molecule has 0 aliphatic carbocycles. The van der Waals surface area contributed by atoms with Crippen molar-refractivity contribution in [1.29, 1.82) is 0 Å². The first-order valence-electron chi connectivity index (χ1n) is 8.31. The van der Waals surface area contributed by atoms with Crippen LogP contribution in [-0.2, 0) is 13.0 Å². The van der Waals surface area contributed by atoms with Crippen molar-refractivity contribution in [2.24, 2.45) is 0 Å². The predicted molar refractivity (Wildman–Crippen MR) is 94.5 cm³/mol. The standard InChI is InChI=1S/C17H21N5OS/c1-20-5-4-14-13(11-20)16(19-12-18-14)21-6-8-22(9-7-21)17(23)15-3-2-10-24-15/h2-3,10,12H,4-9,11H2,1H3. The van der Waals surface area contributed by atoms with E-state index in [9.17, 15) is 4.79 Å². The molecule has 2 aromatic rings. The second-order valence-corrected chi connectivity index (χ2v) is 7.31. The van der Waals surface area contributed by atoms with E-state index in [0.717, 1.165) is 56.4 Å². The van der Waals surface area contributed by atoms with Crippen molar-refractivity contribution in [2.45, 2.75) is 13.0 Å². The van der Waals surface area contributed by atoms with Crippen LogP contribution in [-0.4, -0.2) is 65.4 Å². The maximum absolute atomic E-state index is 12.5. The van der Waals surface area contributed by atoms with Crippen LogP contribution >= 0.6 is 11.3 Å². The minimum absolute atomic E-state index is 0.147. The van der Waals surface area contributed by atoms with Crippen LogP contribution < -0.4 is 4.90 Å². The number of carbonyl (C=O) groups excluding carboxylic acids is 1. The fraction of sp³-hybridized carbons (Fsp3) is 0.471. The Morgan fingerprint density at radius 1 is 1.17 bits per heavy atom. The quantitative estimate of drug-likeness (QED) is 0.827. The number of aromatic nitrogens is 2. The Morgan fingerprint density at radius 3 is 2.75 bits per heavy atom. The molecule has 24 heavy (non-hydrogen) atoms. The van der Waals surface area contributed by atoms with Crippen molar-refractivity contribution in [3.8, 4) is 0 Å². The highest BCUT2D eigenvalue weighted by Crippen LogP contribution is 2.26. The molecule has 1 saturated heterocycles. The highest BCUT2D eigenvalue weighted by molar-refractivity contribution is 7.12. The molecule has 0 radical (unpaired) electrons. The number of anilines is 1. The number of amides is 1. The van der Waals surface area contributed by atoms with E-state index in [1.54, 1.807) is 6.33 Å². The molecule has 4 rings (SSSR count). The van der Waals surface area contributed by atoms with Crippen LogP contribution in [0.1, 0.15) is 20.9 Å². The largest absolute Gasteiger partial charge is 0.353 e. The zero-order chi connectivity index (χ0) is 16.5. The van der Waals surface area contributed by atoms with Crippen molar-refractivity contribution in [3.63, 3.8) is 0 Å². The molecule has 4 heterocycles. The number of hydrogen-bond donors (Lipinski definition) is 0. The lowest BCUT2D eigenvalue weighted by molar-refractivity contribution is 0.0751. The van der Waals surface area contributed by atoms with Gasteiger partial charge in [0.15, 0.2) is 0 Å². The predicted octanol–water partition coefficient (Wildman–Crippen LogP) is 1.49. The average Bonchev–Trinajstić information content (AvgIpc) is 3.15. The summed E-state index contributed by atoms with van der Waals surface area (Å²) in [4.78, 5) is 28.9. The Hall–Kier alpha value is -1.99. The fourth-order valence-corrected chi connectivity index (χ4v) is 4.10. The first-order chi connectivity index (χ1) is 11.7. The van der Waals surface area contributed by atoms with Crippen molar-refractivity contribution >= 4 is 23.1 Å². The zero-order valence-corrected chi connectivity index (χ0v) is 14.6. The molecule has 0 N–H and O–H groups in total. The average molecular weight is 343 g/mol. The molecule has 1 fully saturated rings. The summed E-state index contributed by atoms with van der Waals surface area (Å²) in [7, 11) is 2.14. The molecule has 0 aromatic carbocycles. The van der Waals surface area contributed by atoms with Crippen molar-refractivity contribution in [1.82, 2.24) is 19.8 Å². The summed E-state index contributed by atoms with van der Waals surface area (Å²) in [5, 5.41) is 1.95. The van der Waals surface area contributed by atoms with Crippen LogP contribution in [0.25, 0.3) is 0 Å². The van der Waals surface area contributed by atoms with E-state index in [4.69, 9.17) is 0 Å². The molecule has 0 atom stereocenters. The summed E-state index contributed by atoms with van der Waals surface area (Å²) in [6.07, 6.45) is 2.67. The van der Waals surface area contributed by atoms with Crippen molar-refractivity contribution < 1.29 is 4.79 Å². The maximum atomic E-state index is 12.5. The molecule has 2 aliphatic rings. The number of hydrogen-bond acceptors (Lipinski definition) is 6. The van der Waals surface area contributed by atoms with Gasteiger partial charge in [0.2, 0.25) is 0 Å². The van der Waals surface area contributed by atoms with Crippen LogP contribution in [0.5, 0.6) is 0 Å². The van der Waals surface area contributed by atoms with Gasteiger partial charge in [-0.1, -0.05) is 6.07 Å². The van der Waals surface area contributed by atoms with Gasteiger partial charge in [0.1, 0.15) is 12.1 Å². The molecule has 0 unspecified atom stereocenters. The third-order valence-corrected chi connectivity index (χ3v) is 5.63. The minimum atomic E-state index is 0.147. The lowest BCUT2D eigenvalue weighted by atomic mass is 10.1. The SMILES string of the molecule is CN1CCc2ncnc(N3CCN(C(=O)c4cccs4)CC3)c2C1. The highest BCUT2D eigenvalue weighted by atomic mass is 32.1. The molecule has 2 aliphatic heterocycles. The third kappa shape index (κ3) is 2.89. The van der Waals surface area contributed by atoms with Crippen LogP contribution in [0, 0.1) is 0 Å². The molecule has 0 saturated carbocycles. The van der Waals surface area contributed by atoms with Gasteiger partial charge in [-0.25, -0.2) is 9.97 Å². The summed E-state index contributed by atoms with van der Waals surface area (Å²) < 4.78 is 0. The summed E-state index contributed by atoms with van der Waals surface area (Å²) in [6, 6.07) is 3.83. The minimum Gasteiger partial charge on any atom is -0.353 e. The van der Waals surface area contributed by atoms with E-state index in [1.807, 2.05) is 22.4 Å².